The summed E-state index contributed by atoms with van der Waals surface area (Å²) in [4.78, 5) is 17.1. The Hall–Kier alpha value is -3.17. The maximum Gasteiger partial charge on any atom is 0.231 e. The van der Waals surface area contributed by atoms with Gasteiger partial charge in [0, 0.05) is 11.6 Å². The predicted octanol–water partition coefficient (Wildman–Crippen LogP) is 3.73. The van der Waals surface area contributed by atoms with Gasteiger partial charge in [0.05, 0.1) is 18.6 Å². The molecule has 30 heavy (non-hydrogen) atoms. The number of thioether (sulfide) groups is 1. The Labute approximate surface area is 182 Å². The summed E-state index contributed by atoms with van der Waals surface area (Å²) >= 11 is 2.83. The molecule has 4 aromatic rings. The first-order valence-corrected chi connectivity index (χ1v) is 11.0. The van der Waals surface area contributed by atoms with Gasteiger partial charge in [-0.2, -0.15) is 0 Å². The summed E-state index contributed by atoms with van der Waals surface area (Å²) in [5.74, 6) is 0.790. The lowest BCUT2D eigenvalue weighted by molar-refractivity contribution is -0.119. The van der Waals surface area contributed by atoms with Crippen LogP contribution >= 0.6 is 23.1 Å². The highest BCUT2D eigenvalue weighted by Gasteiger charge is 2.20. The molecule has 0 aliphatic carbocycles. The van der Waals surface area contributed by atoms with Crippen LogP contribution < -0.4 is 10.1 Å². The van der Waals surface area contributed by atoms with Crippen molar-refractivity contribution in [3.63, 3.8) is 0 Å². The third kappa shape index (κ3) is 4.52. The van der Waals surface area contributed by atoms with Crippen LogP contribution in [0.15, 0.2) is 77.7 Å². The fraction of sp³-hybridized carbons (Fsp3) is 0.143. The number of amides is 1. The number of aromatic nitrogens is 4. The minimum Gasteiger partial charge on any atom is -0.495 e. The second-order valence-corrected chi connectivity index (χ2v) is 8.09. The van der Waals surface area contributed by atoms with E-state index in [4.69, 9.17) is 4.74 Å². The van der Waals surface area contributed by atoms with Crippen molar-refractivity contribution >= 4 is 29.0 Å². The summed E-state index contributed by atoms with van der Waals surface area (Å²) < 4.78 is 7.23. The summed E-state index contributed by atoms with van der Waals surface area (Å²) in [5, 5.41) is 14.6. The normalized spacial score (nSPS) is 11.8. The number of ether oxygens (including phenoxy) is 1. The molecule has 9 heteroatoms. The molecule has 0 saturated carbocycles. The van der Waals surface area contributed by atoms with Gasteiger partial charge in [-0.3, -0.25) is 9.36 Å². The van der Waals surface area contributed by atoms with E-state index in [1.165, 1.54) is 23.1 Å². The molecule has 2 aromatic carbocycles. The van der Waals surface area contributed by atoms with Crippen molar-refractivity contribution in [2.24, 2.45) is 0 Å². The summed E-state index contributed by atoms with van der Waals surface area (Å²) in [7, 11) is 1.62. The highest BCUT2D eigenvalue weighted by molar-refractivity contribution is 7.99. The van der Waals surface area contributed by atoms with Gasteiger partial charge < -0.3 is 10.1 Å². The Balaban J connectivity index is 1.47. The maximum atomic E-state index is 12.8. The molecular formula is C21H19N5O2S2. The highest BCUT2D eigenvalue weighted by atomic mass is 32.2. The van der Waals surface area contributed by atoms with Crippen LogP contribution in [0.5, 0.6) is 5.75 Å². The van der Waals surface area contributed by atoms with Gasteiger partial charge in [0.15, 0.2) is 5.16 Å². The Morgan fingerprint density at radius 1 is 1.20 bits per heavy atom. The topological polar surface area (TPSA) is 81.9 Å². The minimum atomic E-state index is -0.286. The average Bonchev–Trinajstić information content (AvgIpc) is 3.49. The van der Waals surface area contributed by atoms with Gasteiger partial charge in [-0.1, -0.05) is 54.2 Å². The van der Waals surface area contributed by atoms with Gasteiger partial charge in [0.2, 0.25) is 5.91 Å². The Kier molecular flexibility index (Phi) is 6.41. The van der Waals surface area contributed by atoms with E-state index in [1.807, 2.05) is 64.5 Å². The van der Waals surface area contributed by atoms with E-state index in [1.54, 1.807) is 19.6 Å². The quantitative estimate of drug-likeness (QED) is 0.423. The molecule has 0 saturated heterocycles. The number of nitrogens with one attached hydrogen (secondary N) is 1. The smallest absolute Gasteiger partial charge is 0.231 e. The van der Waals surface area contributed by atoms with Crippen LogP contribution in [0.25, 0.3) is 5.69 Å². The Bertz CT molecular complexity index is 1100. The number of hydrogen-bond donors (Lipinski definition) is 1. The molecule has 0 radical (unpaired) electrons. The van der Waals surface area contributed by atoms with Crippen molar-refractivity contribution in [3.05, 3.63) is 83.1 Å². The van der Waals surface area contributed by atoms with E-state index in [2.05, 4.69) is 20.5 Å². The summed E-state index contributed by atoms with van der Waals surface area (Å²) in [6.45, 7) is 0. The van der Waals surface area contributed by atoms with Gasteiger partial charge in [-0.15, -0.1) is 21.5 Å². The molecule has 0 aliphatic heterocycles. The standard InChI is InChI=1S/C21H19N5O2S2/c1-28-17-10-6-5-9-16(17)26-14-23-25-21(26)30-13-18(27)24-19(20-22-11-12-29-20)15-7-3-2-4-8-15/h2-12,14,19H,13H2,1H3,(H,24,27). The van der Waals surface area contributed by atoms with Crippen LogP contribution in [0.3, 0.4) is 0 Å². The van der Waals surface area contributed by atoms with Crippen molar-refractivity contribution in [3.8, 4) is 11.4 Å². The maximum absolute atomic E-state index is 12.8. The van der Waals surface area contributed by atoms with E-state index in [9.17, 15) is 4.79 Å². The van der Waals surface area contributed by atoms with Crippen LogP contribution in [0.1, 0.15) is 16.6 Å². The highest BCUT2D eigenvalue weighted by Crippen LogP contribution is 2.27. The van der Waals surface area contributed by atoms with Crippen LogP contribution in [-0.2, 0) is 4.79 Å². The lowest BCUT2D eigenvalue weighted by Gasteiger charge is -2.17. The van der Waals surface area contributed by atoms with Crippen LogP contribution in [0.2, 0.25) is 0 Å². The third-order valence-corrected chi connectivity index (χ3v) is 6.11. The first-order chi connectivity index (χ1) is 14.8. The molecule has 2 heterocycles. The van der Waals surface area contributed by atoms with Gasteiger partial charge in [0.25, 0.3) is 0 Å². The Morgan fingerprint density at radius 2 is 2.00 bits per heavy atom. The summed E-state index contributed by atoms with van der Waals surface area (Å²) in [5.41, 5.74) is 1.81. The predicted molar refractivity (Wildman–Crippen MR) is 117 cm³/mol. The fourth-order valence-corrected chi connectivity index (χ4v) is 4.41. The zero-order valence-electron chi connectivity index (χ0n) is 16.1. The van der Waals surface area contributed by atoms with Gasteiger partial charge >= 0.3 is 0 Å². The number of benzene rings is 2. The molecule has 0 aliphatic rings. The molecule has 4 rings (SSSR count). The van der Waals surface area contributed by atoms with Crippen molar-refractivity contribution in [1.29, 1.82) is 0 Å². The first kappa shape index (κ1) is 20.1. The van der Waals surface area contributed by atoms with E-state index in [0.717, 1.165) is 16.3 Å². The molecule has 0 spiro atoms. The van der Waals surface area contributed by atoms with E-state index < -0.39 is 0 Å². The second kappa shape index (κ2) is 9.55. The molecule has 1 amide bonds. The SMILES string of the molecule is COc1ccccc1-n1cnnc1SCC(=O)NC(c1ccccc1)c1nccs1. The number of methoxy groups -OCH3 is 1. The number of hydrogen-bond acceptors (Lipinski definition) is 7. The largest absolute Gasteiger partial charge is 0.495 e. The van der Waals surface area contributed by atoms with Gasteiger partial charge in [-0.05, 0) is 17.7 Å². The summed E-state index contributed by atoms with van der Waals surface area (Å²) in [6, 6.07) is 17.1. The molecule has 152 valence electrons. The van der Waals surface area contributed by atoms with E-state index in [0.29, 0.717) is 10.9 Å². The Morgan fingerprint density at radius 3 is 2.77 bits per heavy atom. The molecule has 2 aromatic heterocycles. The lowest BCUT2D eigenvalue weighted by atomic mass is 10.1. The first-order valence-electron chi connectivity index (χ1n) is 9.16. The number of carbonyl (C=O) groups is 1. The number of carbonyl (C=O) groups excluding carboxylic acids is 1. The van der Waals surface area contributed by atoms with Crippen molar-refractivity contribution < 1.29 is 9.53 Å². The lowest BCUT2D eigenvalue weighted by Crippen LogP contribution is -2.30. The average molecular weight is 438 g/mol. The van der Waals surface area contributed by atoms with Gasteiger partial charge in [-0.25, -0.2) is 4.98 Å². The van der Waals surface area contributed by atoms with Crippen molar-refractivity contribution in [1.82, 2.24) is 25.1 Å². The third-order valence-electron chi connectivity index (χ3n) is 4.33. The molecule has 0 fully saturated rings. The number of rotatable bonds is 8. The van der Waals surface area contributed by atoms with Crippen LogP contribution in [-0.4, -0.2) is 38.5 Å². The van der Waals surface area contributed by atoms with Crippen molar-refractivity contribution in [2.45, 2.75) is 11.2 Å². The zero-order valence-corrected chi connectivity index (χ0v) is 17.8. The fourth-order valence-electron chi connectivity index (χ4n) is 2.96. The minimum absolute atomic E-state index is 0.112. The number of thiazole rings is 1. The van der Waals surface area contributed by atoms with Crippen molar-refractivity contribution in [2.75, 3.05) is 12.9 Å². The van der Waals surface area contributed by atoms with E-state index >= 15 is 0 Å². The molecule has 0 bridgehead atoms. The molecule has 1 atom stereocenters. The van der Waals surface area contributed by atoms with Gasteiger partial charge in [0.1, 0.15) is 23.1 Å². The molecule has 7 nitrogen and oxygen atoms in total. The van der Waals surface area contributed by atoms with Crippen LogP contribution in [0.4, 0.5) is 0 Å². The van der Waals surface area contributed by atoms with E-state index in [-0.39, 0.29) is 17.7 Å². The molecule has 1 N–H and O–H groups in total. The second-order valence-electron chi connectivity index (χ2n) is 6.23. The number of para-hydroxylation sites is 2. The monoisotopic (exact) mass is 437 g/mol. The van der Waals surface area contributed by atoms with Crippen LogP contribution in [0, 0.1) is 0 Å². The molecule has 1 unspecified atom stereocenters. The molecular weight excluding hydrogens is 418 g/mol. The summed E-state index contributed by atoms with van der Waals surface area (Å²) in [6.07, 6.45) is 3.35. The number of nitrogens with zero attached hydrogens (tertiary/aromatic N) is 4. The zero-order chi connectivity index (χ0) is 20.8.